The highest BCUT2D eigenvalue weighted by atomic mass is 79.9. The van der Waals surface area contributed by atoms with Crippen molar-refractivity contribution >= 4 is 43.2 Å². The van der Waals surface area contributed by atoms with Gasteiger partial charge in [0.2, 0.25) is 0 Å². The van der Waals surface area contributed by atoms with Gasteiger partial charge in [-0.2, -0.15) is 0 Å². The maximum Gasteiger partial charge on any atom is 0.261 e. The highest BCUT2D eigenvalue weighted by molar-refractivity contribution is 9.10. The lowest BCUT2D eigenvalue weighted by Crippen LogP contribution is -2.14. The van der Waals surface area contributed by atoms with Gasteiger partial charge in [0.1, 0.15) is 0 Å². The molecule has 1 amide bonds. The lowest BCUT2D eigenvalue weighted by atomic mass is 10.2. The van der Waals surface area contributed by atoms with Gasteiger partial charge in [0.25, 0.3) is 15.9 Å². The van der Waals surface area contributed by atoms with Gasteiger partial charge in [-0.15, -0.1) is 0 Å². The quantitative estimate of drug-likeness (QED) is 0.567. The molecule has 0 atom stereocenters. The molecule has 0 aliphatic carbocycles. The fraction of sp³-hybridized carbons (Fsp3) is 0. The third kappa shape index (κ3) is 4.73. The Hall–Kier alpha value is -2.78. The minimum Gasteiger partial charge on any atom is -0.322 e. The standard InChI is InChI=1S/C19H13BrF2N2O3S/c20-13-3-7-14(8-4-13)23-19(25)12-1-5-15(6-2-12)24-28(26,27)16-9-10-17(21)18(22)11-16/h1-11,24H,(H,23,25). The Balaban J connectivity index is 1.72. The van der Waals surface area contributed by atoms with Gasteiger partial charge in [-0.1, -0.05) is 15.9 Å². The smallest absolute Gasteiger partial charge is 0.261 e. The second-order valence-electron chi connectivity index (χ2n) is 5.72. The van der Waals surface area contributed by atoms with Crippen LogP contribution in [0.15, 0.2) is 76.1 Å². The van der Waals surface area contributed by atoms with Crippen molar-refractivity contribution in [1.29, 1.82) is 0 Å². The first kappa shape index (κ1) is 20.0. The van der Waals surface area contributed by atoms with Crippen molar-refractivity contribution in [3.8, 4) is 0 Å². The number of carbonyl (C=O) groups is 1. The summed E-state index contributed by atoms with van der Waals surface area (Å²) < 4.78 is 53.9. The van der Waals surface area contributed by atoms with Gasteiger partial charge in [-0.3, -0.25) is 9.52 Å². The van der Waals surface area contributed by atoms with E-state index in [0.717, 1.165) is 16.6 Å². The number of hydrogen-bond acceptors (Lipinski definition) is 3. The van der Waals surface area contributed by atoms with Gasteiger partial charge in [0.15, 0.2) is 11.6 Å². The molecule has 5 nitrogen and oxygen atoms in total. The molecule has 3 rings (SSSR count). The van der Waals surface area contributed by atoms with Crippen molar-refractivity contribution in [2.24, 2.45) is 0 Å². The van der Waals surface area contributed by atoms with Gasteiger partial charge >= 0.3 is 0 Å². The third-order valence-corrected chi connectivity index (χ3v) is 5.61. The molecule has 0 unspecified atom stereocenters. The third-order valence-electron chi connectivity index (χ3n) is 3.70. The lowest BCUT2D eigenvalue weighted by Gasteiger charge is -2.10. The Morgan fingerprint density at radius 1 is 0.821 bits per heavy atom. The first-order valence-electron chi connectivity index (χ1n) is 7.89. The van der Waals surface area contributed by atoms with Crippen molar-refractivity contribution < 1.29 is 22.0 Å². The van der Waals surface area contributed by atoms with Crippen LogP contribution in [0.1, 0.15) is 10.4 Å². The molecule has 0 fully saturated rings. The predicted molar refractivity (Wildman–Crippen MR) is 106 cm³/mol. The van der Waals surface area contributed by atoms with Crippen LogP contribution in [0.4, 0.5) is 20.2 Å². The number of halogens is 3. The number of hydrogen-bond donors (Lipinski definition) is 2. The van der Waals surface area contributed by atoms with E-state index in [2.05, 4.69) is 26.0 Å². The summed E-state index contributed by atoms with van der Waals surface area (Å²) in [5, 5.41) is 2.71. The largest absolute Gasteiger partial charge is 0.322 e. The molecule has 3 aromatic carbocycles. The summed E-state index contributed by atoms with van der Waals surface area (Å²) in [5.74, 6) is -2.76. The Morgan fingerprint density at radius 2 is 1.43 bits per heavy atom. The van der Waals surface area contributed by atoms with Crippen molar-refractivity contribution in [3.05, 3.63) is 88.4 Å². The van der Waals surface area contributed by atoms with E-state index < -0.39 is 26.6 Å². The van der Waals surface area contributed by atoms with Gasteiger partial charge in [0.05, 0.1) is 4.90 Å². The van der Waals surface area contributed by atoms with Crippen LogP contribution in [0.5, 0.6) is 0 Å². The van der Waals surface area contributed by atoms with E-state index >= 15 is 0 Å². The number of amides is 1. The number of rotatable bonds is 5. The monoisotopic (exact) mass is 466 g/mol. The van der Waals surface area contributed by atoms with Crippen LogP contribution in [-0.2, 0) is 10.0 Å². The van der Waals surface area contributed by atoms with Gasteiger partial charge in [0, 0.05) is 21.4 Å². The highest BCUT2D eigenvalue weighted by Crippen LogP contribution is 2.20. The molecular weight excluding hydrogens is 454 g/mol. The van der Waals surface area contributed by atoms with Crippen LogP contribution in [0.25, 0.3) is 0 Å². The molecule has 0 heterocycles. The lowest BCUT2D eigenvalue weighted by molar-refractivity contribution is 0.102. The molecule has 0 aliphatic rings. The fourth-order valence-corrected chi connectivity index (χ4v) is 3.62. The summed E-state index contributed by atoms with van der Waals surface area (Å²) in [7, 11) is -4.10. The molecule has 0 spiro atoms. The number of nitrogens with one attached hydrogen (secondary N) is 2. The summed E-state index contributed by atoms with van der Waals surface area (Å²) in [6.45, 7) is 0. The maximum atomic E-state index is 13.3. The molecule has 2 N–H and O–H groups in total. The zero-order valence-corrected chi connectivity index (χ0v) is 16.5. The van der Waals surface area contributed by atoms with Gasteiger partial charge in [-0.05, 0) is 66.7 Å². The van der Waals surface area contributed by atoms with Crippen LogP contribution in [0, 0.1) is 11.6 Å². The first-order valence-corrected chi connectivity index (χ1v) is 10.2. The van der Waals surface area contributed by atoms with Crippen molar-refractivity contribution in [2.45, 2.75) is 4.90 Å². The maximum absolute atomic E-state index is 13.3. The van der Waals surface area contributed by atoms with E-state index in [0.29, 0.717) is 17.3 Å². The topological polar surface area (TPSA) is 75.3 Å². The summed E-state index contributed by atoms with van der Waals surface area (Å²) >= 11 is 3.30. The molecule has 0 aromatic heterocycles. The zero-order chi connectivity index (χ0) is 20.3. The average molecular weight is 467 g/mol. The van der Waals surface area contributed by atoms with Crippen molar-refractivity contribution in [2.75, 3.05) is 10.0 Å². The molecule has 9 heteroatoms. The summed E-state index contributed by atoms with van der Waals surface area (Å²) in [6, 6.07) is 15.0. The van der Waals surface area contributed by atoms with E-state index in [1.165, 1.54) is 24.3 Å². The molecule has 0 radical (unpaired) electrons. The van der Waals surface area contributed by atoms with Gasteiger partial charge < -0.3 is 5.32 Å². The molecule has 0 saturated carbocycles. The summed E-state index contributed by atoms with van der Waals surface area (Å²) in [4.78, 5) is 11.8. The minimum atomic E-state index is -4.10. The van der Waals surface area contributed by atoms with E-state index in [9.17, 15) is 22.0 Å². The molecule has 144 valence electrons. The average Bonchev–Trinajstić information content (AvgIpc) is 2.66. The van der Waals surface area contributed by atoms with E-state index in [1.807, 2.05) is 0 Å². The van der Waals surface area contributed by atoms with Gasteiger partial charge in [-0.25, -0.2) is 17.2 Å². The zero-order valence-electron chi connectivity index (χ0n) is 14.1. The van der Waals surface area contributed by atoms with Crippen LogP contribution in [0.2, 0.25) is 0 Å². The first-order chi connectivity index (χ1) is 13.2. The van der Waals surface area contributed by atoms with Crippen LogP contribution in [0.3, 0.4) is 0 Å². The van der Waals surface area contributed by atoms with Crippen LogP contribution >= 0.6 is 15.9 Å². The predicted octanol–water partition coefficient (Wildman–Crippen LogP) is 4.78. The molecule has 3 aromatic rings. The van der Waals surface area contributed by atoms with Crippen LogP contribution in [-0.4, -0.2) is 14.3 Å². The Kier molecular flexibility index (Phi) is 5.76. The SMILES string of the molecule is O=C(Nc1ccc(Br)cc1)c1ccc(NS(=O)(=O)c2ccc(F)c(F)c2)cc1. The number of benzene rings is 3. The van der Waals surface area contributed by atoms with E-state index in [4.69, 9.17) is 0 Å². The van der Waals surface area contributed by atoms with E-state index in [-0.39, 0.29) is 11.6 Å². The number of carbonyl (C=O) groups excluding carboxylic acids is 1. The Morgan fingerprint density at radius 3 is 2.04 bits per heavy atom. The summed E-state index contributed by atoms with van der Waals surface area (Å²) in [5.41, 5.74) is 1.10. The second-order valence-corrected chi connectivity index (χ2v) is 8.32. The van der Waals surface area contributed by atoms with Crippen LogP contribution < -0.4 is 10.0 Å². The van der Waals surface area contributed by atoms with Crippen molar-refractivity contribution in [1.82, 2.24) is 0 Å². The molecule has 0 bridgehead atoms. The normalized spacial score (nSPS) is 11.1. The fourth-order valence-electron chi connectivity index (χ4n) is 2.28. The number of sulfonamides is 1. The minimum absolute atomic E-state index is 0.171. The Labute approximate surface area is 168 Å². The summed E-state index contributed by atoms with van der Waals surface area (Å²) in [6.07, 6.45) is 0. The van der Waals surface area contributed by atoms with Crippen molar-refractivity contribution in [3.63, 3.8) is 0 Å². The van der Waals surface area contributed by atoms with E-state index in [1.54, 1.807) is 24.3 Å². The molecule has 28 heavy (non-hydrogen) atoms. The Bertz CT molecular complexity index is 1120. The molecule has 0 aliphatic heterocycles. The number of anilines is 2. The molecule has 0 saturated heterocycles. The second kappa shape index (κ2) is 8.07. The highest BCUT2D eigenvalue weighted by Gasteiger charge is 2.17. The molecular formula is C19H13BrF2N2O3S.